The molecular weight excluding hydrogens is 407 g/mol. The predicted molar refractivity (Wildman–Crippen MR) is 99.8 cm³/mol. The van der Waals surface area contributed by atoms with Crippen LogP contribution in [0.2, 0.25) is 0 Å². The van der Waals surface area contributed by atoms with Gasteiger partial charge in [0.05, 0.1) is 5.69 Å². The fraction of sp³-hybridized carbons (Fsp3) is 0.737. The molecule has 162 valence electrons. The Morgan fingerprint density at radius 3 is 2.24 bits per heavy atom. The molecule has 3 atom stereocenters. The van der Waals surface area contributed by atoms with Gasteiger partial charge >= 0.3 is 6.18 Å². The van der Waals surface area contributed by atoms with Gasteiger partial charge in [-0.15, -0.1) is 0 Å². The Morgan fingerprint density at radius 1 is 1.07 bits per heavy atom. The van der Waals surface area contributed by atoms with Crippen molar-refractivity contribution in [2.75, 3.05) is 13.2 Å². The number of aryl methyl sites for hydroxylation is 1. The number of sulfonamides is 1. The first-order valence-electron chi connectivity index (χ1n) is 10.1. The van der Waals surface area contributed by atoms with Crippen LogP contribution in [-0.2, 0) is 20.9 Å². The molecule has 0 saturated carbocycles. The van der Waals surface area contributed by atoms with E-state index in [0.29, 0.717) is 6.04 Å². The van der Waals surface area contributed by atoms with E-state index in [1.807, 2.05) is 0 Å². The van der Waals surface area contributed by atoms with E-state index in [4.69, 9.17) is 4.74 Å². The molecule has 10 heteroatoms. The summed E-state index contributed by atoms with van der Waals surface area (Å²) in [7, 11) is -3.89. The van der Waals surface area contributed by atoms with Gasteiger partial charge in [-0.05, 0) is 57.6 Å². The van der Waals surface area contributed by atoms with Crippen LogP contribution in [0.15, 0.2) is 17.0 Å². The maximum absolute atomic E-state index is 13.3. The highest BCUT2D eigenvalue weighted by Gasteiger charge is 2.48. The van der Waals surface area contributed by atoms with E-state index in [2.05, 4.69) is 10.3 Å². The average Bonchev–Trinajstić information content (AvgIpc) is 2.94. The number of aromatic nitrogens is 1. The summed E-state index contributed by atoms with van der Waals surface area (Å²) in [6.45, 7) is 2.82. The monoisotopic (exact) mass is 433 g/mol. The quantitative estimate of drug-likeness (QED) is 0.791. The Morgan fingerprint density at radius 2 is 1.69 bits per heavy atom. The molecule has 1 aromatic heterocycles. The van der Waals surface area contributed by atoms with Crippen LogP contribution in [0.25, 0.3) is 0 Å². The zero-order chi connectivity index (χ0) is 20.8. The van der Waals surface area contributed by atoms with E-state index < -0.39 is 21.9 Å². The molecule has 0 aromatic carbocycles. The van der Waals surface area contributed by atoms with Crippen LogP contribution >= 0.6 is 0 Å². The molecule has 4 rings (SSSR count). The van der Waals surface area contributed by atoms with E-state index in [1.165, 1.54) is 11.2 Å². The van der Waals surface area contributed by atoms with Gasteiger partial charge in [-0.2, -0.15) is 17.5 Å². The number of ether oxygens (including phenoxy) is 1. The van der Waals surface area contributed by atoms with Gasteiger partial charge in [0.1, 0.15) is 10.6 Å². The van der Waals surface area contributed by atoms with Gasteiger partial charge < -0.3 is 10.1 Å². The first kappa shape index (κ1) is 21.0. The molecule has 29 heavy (non-hydrogen) atoms. The lowest BCUT2D eigenvalue weighted by Crippen LogP contribution is -2.53. The molecule has 2 bridgehead atoms. The van der Waals surface area contributed by atoms with Gasteiger partial charge in [0.25, 0.3) is 0 Å². The van der Waals surface area contributed by atoms with Crippen molar-refractivity contribution in [3.05, 3.63) is 23.5 Å². The number of piperidine rings is 1. The van der Waals surface area contributed by atoms with Crippen LogP contribution in [0.1, 0.15) is 49.9 Å². The molecule has 1 N–H and O–H groups in total. The van der Waals surface area contributed by atoms with Gasteiger partial charge in [-0.1, -0.05) is 0 Å². The summed E-state index contributed by atoms with van der Waals surface area (Å²) in [4.78, 5) is 3.39. The largest absolute Gasteiger partial charge is 0.433 e. The van der Waals surface area contributed by atoms with Gasteiger partial charge in [-0.3, -0.25) is 0 Å². The highest BCUT2D eigenvalue weighted by molar-refractivity contribution is 7.89. The molecule has 3 aliphatic rings. The standard InChI is InChI=1S/C19H26F3N3O3S/c1-12-17(4-5-18(23-12)19(20,21)22)29(26,27)25-15-2-3-16(25)11-14(10-15)24-13-6-8-28-9-7-13/h4-5,13-16,24H,2-3,6-11H2,1H3/t14-,15-,16+. The number of fused-ring (bicyclic) bond motifs is 2. The van der Waals surface area contributed by atoms with Gasteiger partial charge in [-0.25, -0.2) is 13.4 Å². The average molecular weight is 433 g/mol. The number of halogens is 3. The number of pyridine rings is 1. The van der Waals surface area contributed by atoms with Crippen molar-refractivity contribution in [3.8, 4) is 0 Å². The highest BCUT2D eigenvalue weighted by Crippen LogP contribution is 2.41. The molecule has 3 aliphatic heterocycles. The van der Waals surface area contributed by atoms with Gasteiger partial charge in [0.15, 0.2) is 0 Å². The summed E-state index contributed by atoms with van der Waals surface area (Å²) in [6, 6.07) is 2.20. The lowest BCUT2D eigenvalue weighted by molar-refractivity contribution is -0.141. The van der Waals surface area contributed by atoms with Crippen molar-refractivity contribution in [3.63, 3.8) is 0 Å². The van der Waals surface area contributed by atoms with E-state index in [1.54, 1.807) is 0 Å². The summed E-state index contributed by atoms with van der Waals surface area (Å²) >= 11 is 0. The second-order valence-electron chi connectivity index (χ2n) is 8.22. The Labute approximate surface area is 168 Å². The van der Waals surface area contributed by atoms with E-state index in [-0.39, 0.29) is 28.7 Å². The topological polar surface area (TPSA) is 71.5 Å². The molecule has 0 aliphatic carbocycles. The van der Waals surface area contributed by atoms with Crippen LogP contribution < -0.4 is 5.32 Å². The Bertz CT molecular complexity index is 842. The molecular formula is C19H26F3N3O3S. The lowest BCUT2D eigenvalue weighted by Gasteiger charge is -2.40. The predicted octanol–water partition coefficient (Wildman–Crippen LogP) is 2.86. The zero-order valence-corrected chi connectivity index (χ0v) is 17.1. The van der Waals surface area contributed by atoms with Crippen molar-refractivity contribution >= 4 is 10.0 Å². The third-order valence-electron chi connectivity index (χ3n) is 6.24. The molecule has 0 amide bonds. The number of nitrogens with zero attached hydrogens (tertiary/aromatic N) is 2. The second-order valence-corrected chi connectivity index (χ2v) is 10.0. The number of nitrogens with one attached hydrogen (secondary N) is 1. The van der Waals surface area contributed by atoms with E-state index in [0.717, 1.165) is 63.9 Å². The van der Waals surface area contributed by atoms with Crippen molar-refractivity contribution in [2.45, 2.75) is 80.7 Å². The molecule has 6 nitrogen and oxygen atoms in total. The molecule has 4 heterocycles. The van der Waals surface area contributed by atoms with Crippen LogP contribution in [-0.4, -0.2) is 55.1 Å². The summed E-state index contributed by atoms with van der Waals surface area (Å²) < 4.78 is 72.2. The van der Waals surface area contributed by atoms with Crippen molar-refractivity contribution in [1.29, 1.82) is 0 Å². The molecule has 3 saturated heterocycles. The molecule has 0 radical (unpaired) electrons. The molecule has 0 unspecified atom stereocenters. The van der Waals surface area contributed by atoms with E-state index >= 15 is 0 Å². The molecule has 0 spiro atoms. The minimum absolute atomic E-state index is 0.110. The Balaban J connectivity index is 1.51. The maximum Gasteiger partial charge on any atom is 0.433 e. The second kappa shape index (κ2) is 7.79. The van der Waals surface area contributed by atoms with Crippen LogP contribution in [0, 0.1) is 6.92 Å². The van der Waals surface area contributed by atoms with Crippen molar-refractivity contribution in [2.24, 2.45) is 0 Å². The van der Waals surface area contributed by atoms with Gasteiger partial charge in [0.2, 0.25) is 10.0 Å². The minimum Gasteiger partial charge on any atom is -0.381 e. The summed E-state index contributed by atoms with van der Waals surface area (Å²) in [5.41, 5.74) is -1.18. The number of hydrogen-bond donors (Lipinski definition) is 1. The Kier molecular flexibility index (Phi) is 5.65. The normalized spacial score (nSPS) is 29.3. The maximum atomic E-state index is 13.3. The fourth-order valence-corrected chi connectivity index (χ4v) is 7.01. The van der Waals surface area contributed by atoms with Crippen molar-refractivity contribution in [1.82, 2.24) is 14.6 Å². The number of hydrogen-bond acceptors (Lipinski definition) is 5. The third-order valence-corrected chi connectivity index (χ3v) is 8.38. The van der Waals surface area contributed by atoms with E-state index in [9.17, 15) is 21.6 Å². The number of alkyl halides is 3. The number of rotatable bonds is 4. The molecule has 1 aromatic rings. The van der Waals surface area contributed by atoms with Crippen LogP contribution in [0.5, 0.6) is 0 Å². The lowest BCUT2D eigenvalue weighted by atomic mass is 9.97. The molecule has 3 fully saturated rings. The first-order chi connectivity index (χ1) is 13.7. The minimum atomic E-state index is -4.60. The summed E-state index contributed by atoms with van der Waals surface area (Å²) in [6.07, 6.45) is 0.334. The highest BCUT2D eigenvalue weighted by atomic mass is 32.2. The summed E-state index contributed by atoms with van der Waals surface area (Å²) in [5, 5.41) is 3.67. The van der Waals surface area contributed by atoms with Crippen LogP contribution in [0.4, 0.5) is 13.2 Å². The smallest absolute Gasteiger partial charge is 0.381 e. The van der Waals surface area contributed by atoms with Gasteiger partial charge in [0, 0.05) is 37.4 Å². The Hall–Kier alpha value is -1.23. The zero-order valence-electron chi connectivity index (χ0n) is 16.3. The third kappa shape index (κ3) is 4.17. The first-order valence-corrected chi connectivity index (χ1v) is 11.5. The van der Waals surface area contributed by atoms with Crippen molar-refractivity contribution < 1.29 is 26.3 Å². The summed E-state index contributed by atoms with van der Waals surface area (Å²) in [5.74, 6) is 0. The fourth-order valence-electron chi connectivity index (χ4n) is 4.95. The SMILES string of the molecule is Cc1nc(C(F)(F)F)ccc1S(=O)(=O)N1[C@@H]2CC[C@H]1C[C@H](NC1CCOCC1)C2. The van der Waals surface area contributed by atoms with Crippen LogP contribution in [0.3, 0.4) is 0 Å².